The summed E-state index contributed by atoms with van der Waals surface area (Å²) in [6.07, 6.45) is 0. The molecule has 2 N–H and O–H groups in total. The lowest BCUT2D eigenvalue weighted by Gasteiger charge is -2.29. The Labute approximate surface area is 151 Å². The lowest BCUT2D eigenvalue weighted by atomic mass is 10.0. The number of rotatable bonds is 2. The van der Waals surface area contributed by atoms with Gasteiger partial charge in [0, 0.05) is 10.6 Å². The van der Waals surface area contributed by atoms with E-state index in [1.807, 2.05) is 30.3 Å². The topological polar surface area (TPSA) is 33.9 Å². The fraction of sp³-hybridized carbons (Fsp3) is 0.263. The van der Waals surface area contributed by atoms with E-state index in [1.54, 1.807) is 6.07 Å². The molecule has 0 radical (unpaired) electrons. The first-order valence-corrected chi connectivity index (χ1v) is 8.57. The van der Waals surface area contributed by atoms with Crippen molar-refractivity contribution in [3.05, 3.63) is 63.6 Å². The lowest BCUT2D eigenvalue weighted by molar-refractivity contribution is -0.930. The molecule has 1 atom stereocenters. The van der Waals surface area contributed by atoms with E-state index in [9.17, 15) is 5.11 Å². The molecule has 2 aromatic rings. The first-order valence-electron chi connectivity index (χ1n) is 7.82. The summed E-state index contributed by atoms with van der Waals surface area (Å²) in [6.45, 7) is 2.98. The fourth-order valence-electron chi connectivity index (χ4n) is 2.80. The molecule has 0 unspecified atom stereocenters. The number of aromatic hydroxyl groups is 1. The van der Waals surface area contributed by atoms with Crippen LogP contribution in [0.15, 0.2) is 42.5 Å². The van der Waals surface area contributed by atoms with Gasteiger partial charge in [-0.15, -0.1) is 0 Å². The summed E-state index contributed by atoms with van der Waals surface area (Å²) in [6, 6.07) is 12.9. The third-order valence-corrected chi connectivity index (χ3v) is 4.55. The molecule has 1 fully saturated rings. The molecule has 0 aliphatic carbocycles. The van der Waals surface area contributed by atoms with Crippen LogP contribution in [0.5, 0.6) is 5.75 Å². The highest BCUT2D eigenvalue weighted by molar-refractivity contribution is 6.35. The molecule has 5 heteroatoms. The second-order valence-electron chi connectivity index (χ2n) is 5.66. The molecule has 2 aromatic carbocycles. The number of morpholine rings is 1. The van der Waals surface area contributed by atoms with Crippen molar-refractivity contribution >= 4 is 23.2 Å². The highest BCUT2D eigenvalue weighted by Crippen LogP contribution is 2.34. The molecule has 0 amide bonds. The zero-order valence-corrected chi connectivity index (χ0v) is 14.6. The van der Waals surface area contributed by atoms with Gasteiger partial charge in [-0.3, -0.25) is 0 Å². The minimum absolute atomic E-state index is 0.0485. The Kier molecular flexibility index (Phi) is 5.65. The Hall–Kier alpha value is -1.70. The predicted molar refractivity (Wildman–Crippen MR) is 95.7 cm³/mol. The van der Waals surface area contributed by atoms with Gasteiger partial charge in [-0.05, 0) is 30.2 Å². The van der Waals surface area contributed by atoms with Gasteiger partial charge >= 0.3 is 0 Å². The summed E-state index contributed by atoms with van der Waals surface area (Å²) in [4.78, 5) is 1.23. The van der Waals surface area contributed by atoms with E-state index in [0.29, 0.717) is 23.8 Å². The third-order valence-electron chi connectivity index (χ3n) is 4.05. The summed E-state index contributed by atoms with van der Waals surface area (Å²) >= 11 is 12.2. The molecule has 124 valence electrons. The van der Waals surface area contributed by atoms with Crippen molar-refractivity contribution < 1.29 is 14.7 Å². The average Bonchev–Trinajstić information content (AvgIpc) is 2.61. The molecule has 1 heterocycles. The van der Waals surface area contributed by atoms with Gasteiger partial charge in [0.2, 0.25) is 0 Å². The van der Waals surface area contributed by atoms with Crippen molar-refractivity contribution in [1.82, 2.24) is 0 Å². The van der Waals surface area contributed by atoms with Crippen LogP contribution in [-0.2, 0) is 4.74 Å². The van der Waals surface area contributed by atoms with E-state index < -0.39 is 0 Å². The van der Waals surface area contributed by atoms with E-state index in [4.69, 9.17) is 27.9 Å². The van der Waals surface area contributed by atoms with Crippen LogP contribution in [0.25, 0.3) is 0 Å². The van der Waals surface area contributed by atoms with Crippen LogP contribution < -0.4 is 4.90 Å². The highest BCUT2D eigenvalue weighted by atomic mass is 35.5. The number of halogens is 2. The zero-order chi connectivity index (χ0) is 16.9. The van der Waals surface area contributed by atoms with Crippen molar-refractivity contribution in [3.63, 3.8) is 0 Å². The van der Waals surface area contributed by atoms with Crippen LogP contribution in [0.4, 0.5) is 0 Å². The van der Waals surface area contributed by atoms with E-state index in [0.717, 1.165) is 18.7 Å². The van der Waals surface area contributed by atoms with Crippen LogP contribution in [0.2, 0.25) is 10.0 Å². The Morgan fingerprint density at radius 1 is 1.08 bits per heavy atom. The average molecular weight is 363 g/mol. The van der Waals surface area contributed by atoms with Gasteiger partial charge in [-0.25, -0.2) is 0 Å². The zero-order valence-electron chi connectivity index (χ0n) is 13.1. The first-order chi connectivity index (χ1) is 11.6. The number of hydrogen-bond acceptors (Lipinski definition) is 2. The van der Waals surface area contributed by atoms with Crippen LogP contribution in [-0.4, -0.2) is 31.4 Å². The second-order valence-corrected chi connectivity index (χ2v) is 6.51. The molecular formula is C19H18Cl2NO2+. The number of quaternary nitrogens is 1. The summed E-state index contributed by atoms with van der Waals surface area (Å²) in [5.74, 6) is 6.54. The van der Waals surface area contributed by atoms with Gasteiger partial charge in [0.15, 0.2) is 6.04 Å². The number of phenols is 1. The Morgan fingerprint density at radius 3 is 2.50 bits per heavy atom. The second kappa shape index (κ2) is 7.92. The maximum atomic E-state index is 10.4. The van der Waals surface area contributed by atoms with Crippen LogP contribution in [0, 0.1) is 11.8 Å². The Bertz CT molecular complexity index is 762. The number of ether oxygens (including phenoxy) is 1. The van der Waals surface area contributed by atoms with Crippen LogP contribution in [0.1, 0.15) is 17.2 Å². The normalized spacial score (nSPS) is 16.2. The molecule has 1 saturated heterocycles. The minimum atomic E-state index is -0.217. The summed E-state index contributed by atoms with van der Waals surface area (Å²) < 4.78 is 5.44. The molecule has 0 spiro atoms. The van der Waals surface area contributed by atoms with Crippen molar-refractivity contribution in [2.75, 3.05) is 26.3 Å². The van der Waals surface area contributed by atoms with E-state index in [-0.39, 0.29) is 16.8 Å². The Morgan fingerprint density at radius 2 is 1.79 bits per heavy atom. The van der Waals surface area contributed by atoms with Crippen molar-refractivity contribution in [2.24, 2.45) is 0 Å². The van der Waals surface area contributed by atoms with Gasteiger partial charge in [0.1, 0.15) is 18.8 Å². The molecule has 3 nitrogen and oxygen atoms in total. The quantitative estimate of drug-likeness (QED) is 0.805. The lowest BCUT2D eigenvalue weighted by Crippen LogP contribution is -3.14. The minimum Gasteiger partial charge on any atom is -0.506 e. The van der Waals surface area contributed by atoms with Crippen molar-refractivity contribution in [2.45, 2.75) is 6.04 Å². The van der Waals surface area contributed by atoms with Crippen molar-refractivity contribution in [3.8, 4) is 17.6 Å². The SMILES string of the molecule is Oc1c(Cl)cc(Cl)cc1[C@@H](C#Cc1ccccc1)[NH+]1CCOCC1. The molecule has 1 aliphatic rings. The van der Waals surface area contributed by atoms with E-state index >= 15 is 0 Å². The predicted octanol–water partition coefficient (Wildman–Crippen LogP) is 2.71. The molecule has 0 saturated carbocycles. The number of hydrogen-bond donors (Lipinski definition) is 2. The third kappa shape index (κ3) is 4.03. The van der Waals surface area contributed by atoms with E-state index in [2.05, 4.69) is 11.8 Å². The van der Waals surface area contributed by atoms with Gasteiger partial charge in [0.05, 0.1) is 23.8 Å². The van der Waals surface area contributed by atoms with Crippen molar-refractivity contribution in [1.29, 1.82) is 0 Å². The van der Waals surface area contributed by atoms with Gasteiger partial charge in [0.25, 0.3) is 0 Å². The van der Waals surface area contributed by atoms with Gasteiger partial charge < -0.3 is 14.7 Å². The summed E-state index contributed by atoms with van der Waals surface area (Å²) in [7, 11) is 0. The van der Waals surface area contributed by atoms with Gasteiger partial charge in [-0.1, -0.05) is 47.3 Å². The van der Waals surface area contributed by atoms with Crippen LogP contribution in [0.3, 0.4) is 0 Å². The number of nitrogens with one attached hydrogen (secondary N) is 1. The molecule has 0 bridgehead atoms. The van der Waals surface area contributed by atoms with Gasteiger partial charge in [-0.2, -0.15) is 0 Å². The summed E-state index contributed by atoms with van der Waals surface area (Å²) in [5, 5.41) is 11.2. The molecule has 24 heavy (non-hydrogen) atoms. The Balaban J connectivity index is 2.01. The van der Waals surface area contributed by atoms with Crippen LogP contribution >= 0.6 is 23.2 Å². The maximum Gasteiger partial charge on any atom is 0.179 e. The highest BCUT2D eigenvalue weighted by Gasteiger charge is 2.28. The number of benzene rings is 2. The smallest absolute Gasteiger partial charge is 0.179 e. The largest absolute Gasteiger partial charge is 0.506 e. The monoisotopic (exact) mass is 362 g/mol. The fourth-order valence-corrected chi connectivity index (χ4v) is 3.31. The molecule has 3 rings (SSSR count). The molecular weight excluding hydrogens is 345 g/mol. The number of phenolic OH excluding ortho intramolecular Hbond substituents is 1. The summed E-state index contributed by atoms with van der Waals surface area (Å²) in [5.41, 5.74) is 1.59. The maximum absolute atomic E-state index is 10.4. The molecule has 1 aliphatic heterocycles. The standard InChI is InChI=1S/C19H17Cl2NO2/c20-15-12-16(19(23)17(21)13-15)18(22-8-10-24-11-9-22)7-6-14-4-2-1-3-5-14/h1-5,12-13,18,23H,8-11H2/p+1/t18-/m1/s1. The van der Waals surface area contributed by atoms with E-state index in [1.165, 1.54) is 11.0 Å². The molecule has 0 aromatic heterocycles. The first kappa shape index (κ1) is 17.1.